The molecule has 2 atom stereocenters. The number of carbonyl (C=O) groups is 1. The van der Waals surface area contributed by atoms with Gasteiger partial charge in [0.05, 0.1) is 13.7 Å². The number of ether oxygens (including phenoxy) is 2. The van der Waals surface area contributed by atoms with E-state index in [1.54, 1.807) is 24.3 Å². The second-order valence-electron chi connectivity index (χ2n) is 6.14. The van der Waals surface area contributed by atoms with Gasteiger partial charge in [0.2, 0.25) is 0 Å². The molecule has 1 saturated heterocycles. The second-order valence-corrected chi connectivity index (χ2v) is 6.14. The zero-order chi connectivity index (χ0) is 17.8. The van der Waals surface area contributed by atoms with E-state index in [4.69, 9.17) is 9.47 Å². The lowest BCUT2D eigenvalue weighted by atomic mass is 9.93. The maximum absolute atomic E-state index is 13.9. The first-order valence-electron chi connectivity index (χ1n) is 8.16. The van der Waals surface area contributed by atoms with E-state index < -0.39 is 5.82 Å². The molecule has 5 nitrogen and oxygen atoms in total. The number of halogens is 1. The molecule has 1 aromatic heterocycles. The number of rotatable bonds is 5. The van der Waals surface area contributed by atoms with E-state index in [0.29, 0.717) is 25.3 Å². The third kappa shape index (κ3) is 3.64. The van der Waals surface area contributed by atoms with Crippen LogP contribution in [0.15, 0.2) is 42.6 Å². The van der Waals surface area contributed by atoms with E-state index in [1.165, 1.54) is 19.2 Å². The molecule has 2 heterocycles. The molecule has 0 radical (unpaired) electrons. The number of amides is 1. The standard InChI is InChI=1S/C19H21FN2O3/c1-24-12-14-10-22(11-15(14)17-5-3-4-8-21-17)19(23)13-6-7-18(25-2)16(20)9-13/h3-9,14-15H,10-12H2,1-2H3/t14-,15+/m0/s1. The first-order valence-corrected chi connectivity index (χ1v) is 8.16. The first kappa shape index (κ1) is 17.4. The van der Waals surface area contributed by atoms with Gasteiger partial charge in [0.1, 0.15) is 0 Å². The molecular weight excluding hydrogens is 323 g/mol. The van der Waals surface area contributed by atoms with Gasteiger partial charge in [0, 0.05) is 49.5 Å². The molecule has 0 spiro atoms. The molecule has 25 heavy (non-hydrogen) atoms. The molecule has 0 unspecified atom stereocenters. The van der Waals surface area contributed by atoms with Gasteiger partial charge in [0.15, 0.2) is 11.6 Å². The topological polar surface area (TPSA) is 51.7 Å². The van der Waals surface area contributed by atoms with E-state index in [9.17, 15) is 9.18 Å². The fourth-order valence-electron chi connectivity index (χ4n) is 3.33. The molecule has 132 valence electrons. The number of likely N-dealkylation sites (tertiary alicyclic amines) is 1. The van der Waals surface area contributed by atoms with E-state index in [2.05, 4.69) is 4.98 Å². The van der Waals surface area contributed by atoms with Crippen LogP contribution in [-0.2, 0) is 4.74 Å². The van der Waals surface area contributed by atoms with Crippen molar-refractivity contribution in [3.05, 3.63) is 59.7 Å². The van der Waals surface area contributed by atoms with Crippen LogP contribution in [0.1, 0.15) is 22.0 Å². The lowest BCUT2D eigenvalue weighted by Crippen LogP contribution is -2.29. The summed E-state index contributed by atoms with van der Waals surface area (Å²) in [5, 5.41) is 0. The SMILES string of the molecule is COC[C@@H]1CN(C(=O)c2ccc(OC)c(F)c2)C[C@H]1c1ccccn1. The molecule has 2 aromatic rings. The third-order valence-electron chi connectivity index (χ3n) is 4.58. The Morgan fingerprint density at radius 2 is 2.12 bits per heavy atom. The summed E-state index contributed by atoms with van der Waals surface area (Å²) in [6.45, 7) is 1.64. The average molecular weight is 344 g/mol. The van der Waals surface area contributed by atoms with Gasteiger partial charge in [-0.15, -0.1) is 0 Å². The highest BCUT2D eigenvalue weighted by Gasteiger charge is 2.37. The Bertz CT molecular complexity index is 739. The van der Waals surface area contributed by atoms with Crippen LogP contribution in [0, 0.1) is 11.7 Å². The van der Waals surface area contributed by atoms with E-state index in [1.807, 2.05) is 18.2 Å². The maximum Gasteiger partial charge on any atom is 0.253 e. The van der Waals surface area contributed by atoms with Gasteiger partial charge in [-0.05, 0) is 30.3 Å². The Morgan fingerprint density at radius 1 is 1.28 bits per heavy atom. The number of hydrogen-bond donors (Lipinski definition) is 0. The molecule has 1 amide bonds. The maximum atomic E-state index is 13.9. The smallest absolute Gasteiger partial charge is 0.253 e. The number of methoxy groups -OCH3 is 2. The minimum atomic E-state index is -0.540. The molecule has 1 aliphatic rings. The van der Waals surface area contributed by atoms with Crippen molar-refractivity contribution in [2.45, 2.75) is 5.92 Å². The van der Waals surface area contributed by atoms with Crippen LogP contribution >= 0.6 is 0 Å². The van der Waals surface area contributed by atoms with Crippen LogP contribution in [0.3, 0.4) is 0 Å². The number of pyridine rings is 1. The normalized spacial score (nSPS) is 19.9. The summed E-state index contributed by atoms with van der Waals surface area (Å²) in [4.78, 5) is 18.9. The third-order valence-corrected chi connectivity index (χ3v) is 4.58. The fourth-order valence-corrected chi connectivity index (χ4v) is 3.33. The lowest BCUT2D eigenvalue weighted by molar-refractivity contribution is 0.0775. The van der Waals surface area contributed by atoms with Crippen molar-refractivity contribution in [2.24, 2.45) is 5.92 Å². The van der Waals surface area contributed by atoms with Crippen molar-refractivity contribution in [1.82, 2.24) is 9.88 Å². The Balaban J connectivity index is 1.81. The Labute approximate surface area is 146 Å². The molecule has 1 aromatic carbocycles. The Hall–Kier alpha value is -2.47. The summed E-state index contributed by atoms with van der Waals surface area (Å²) in [6, 6.07) is 10.1. The second kappa shape index (κ2) is 7.61. The summed E-state index contributed by atoms with van der Waals surface area (Å²) < 4.78 is 24.1. The predicted octanol–water partition coefficient (Wildman–Crippen LogP) is 2.73. The van der Waals surface area contributed by atoms with Gasteiger partial charge in [0.25, 0.3) is 5.91 Å². The minimum Gasteiger partial charge on any atom is -0.494 e. The molecular formula is C19H21FN2O3. The van der Waals surface area contributed by atoms with Crippen molar-refractivity contribution in [2.75, 3.05) is 33.9 Å². The van der Waals surface area contributed by atoms with Crippen LogP contribution in [0.5, 0.6) is 5.75 Å². The monoisotopic (exact) mass is 344 g/mol. The number of aromatic nitrogens is 1. The van der Waals surface area contributed by atoms with E-state index in [-0.39, 0.29) is 23.5 Å². The zero-order valence-electron chi connectivity index (χ0n) is 14.3. The van der Waals surface area contributed by atoms with Crippen LogP contribution in [-0.4, -0.2) is 49.7 Å². The average Bonchev–Trinajstić information content (AvgIpc) is 3.06. The van der Waals surface area contributed by atoms with Crippen molar-refractivity contribution >= 4 is 5.91 Å². The molecule has 1 aliphatic heterocycles. The number of benzene rings is 1. The highest BCUT2D eigenvalue weighted by atomic mass is 19.1. The molecule has 3 rings (SSSR count). The fraction of sp³-hybridized carbons (Fsp3) is 0.368. The van der Waals surface area contributed by atoms with Gasteiger partial charge in [-0.2, -0.15) is 0 Å². The largest absolute Gasteiger partial charge is 0.494 e. The van der Waals surface area contributed by atoms with Crippen molar-refractivity contribution in [3.63, 3.8) is 0 Å². The summed E-state index contributed by atoms with van der Waals surface area (Å²) in [5.74, 6) is -0.343. The predicted molar refractivity (Wildman–Crippen MR) is 91.2 cm³/mol. The Kier molecular flexibility index (Phi) is 5.28. The molecule has 0 saturated carbocycles. The van der Waals surface area contributed by atoms with Crippen LogP contribution in [0.2, 0.25) is 0 Å². The lowest BCUT2D eigenvalue weighted by Gasteiger charge is -2.17. The van der Waals surface area contributed by atoms with E-state index >= 15 is 0 Å². The summed E-state index contributed by atoms with van der Waals surface area (Å²) in [5.41, 5.74) is 1.26. The Morgan fingerprint density at radius 3 is 2.76 bits per heavy atom. The van der Waals surface area contributed by atoms with Crippen molar-refractivity contribution in [3.8, 4) is 5.75 Å². The van der Waals surface area contributed by atoms with Crippen molar-refractivity contribution < 1.29 is 18.7 Å². The van der Waals surface area contributed by atoms with Gasteiger partial charge in [-0.1, -0.05) is 6.07 Å². The molecule has 0 bridgehead atoms. The van der Waals surface area contributed by atoms with Crippen LogP contribution in [0.4, 0.5) is 4.39 Å². The van der Waals surface area contributed by atoms with Gasteiger partial charge >= 0.3 is 0 Å². The molecule has 6 heteroatoms. The quantitative estimate of drug-likeness (QED) is 0.837. The summed E-state index contributed by atoms with van der Waals surface area (Å²) in [7, 11) is 3.05. The number of nitrogens with zero attached hydrogens (tertiary/aromatic N) is 2. The summed E-state index contributed by atoms with van der Waals surface area (Å²) >= 11 is 0. The van der Waals surface area contributed by atoms with Crippen LogP contribution < -0.4 is 4.74 Å². The van der Waals surface area contributed by atoms with Gasteiger partial charge < -0.3 is 14.4 Å². The molecule has 0 aliphatic carbocycles. The zero-order valence-corrected chi connectivity index (χ0v) is 14.3. The minimum absolute atomic E-state index is 0.105. The van der Waals surface area contributed by atoms with E-state index in [0.717, 1.165) is 5.69 Å². The van der Waals surface area contributed by atoms with Gasteiger partial charge in [-0.25, -0.2) is 4.39 Å². The summed E-state index contributed by atoms with van der Waals surface area (Å²) in [6.07, 6.45) is 1.75. The van der Waals surface area contributed by atoms with Crippen LogP contribution in [0.25, 0.3) is 0 Å². The molecule has 0 N–H and O–H groups in total. The highest BCUT2D eigenvalue weighted by molar-refractivity contribution is 5.94. The number of hydrogen-bond acceptors (Lipinski definition) is 4. The highest BCUT2D eigenvalue weighted by Crippen LogP contribution is 2.33. The van der Waals surface area contributed by atoms with Gasteiger partial charge in [-0.3, -0.25) is 9.78 Å². The van der Waals surface area contributed by atoms with Crippen molar-refractivity contribution in [1.29, 1.82) is 0 Å². The number of carbonyl (C=O) groups excluding carboxylic acids is 1. The molecule has 1 fully saturated rings. The first-order chi connectivity index (χ1) is 12.1.